The number of nitrogens with one attached hydrogen (secondary N) is 1. The maximum atomic E-state index is 12.7. The second kappa shape index (κ2) is 6.34. The lowest BCUT2D eigenvalue weighted by Gasteiger charge is -2.48. The summed E-state index contributed by atoms with van der Waals surface area (Å²) in [5.74, 6) is 2.24. The van der Waals surface area contributed by atoms with Crippen LogP contribution < -0.4 is 11.1 Å². The van der Waals surface area contributed by atoms with Gasteiger partial charge in [-0.1, -0.05) is 25.0 Å². The van der Waals surface area contributed by atoms with Crippen molar-refractivity contribution >= 4 is 11.8 Å². The molecule has 6 heteroatoms. The van der Waals surface area contributed by atoms with E-state index >= 15 is 0 Å². The first kappa shape index (κ1) is 16.8. The highest BCUT2D eigenvalue weighted by Crippen LogP contribution is 2.49. The fourth-order valence-corrected chi connectivity index (χ4v) is 6.24. The number of carbonyl (C=O) groups is 2. The number of hydrogen-bond acceptors (Lipinski definition) is 4. The number of hydrogen-bond donors (Lipinski definition) is 2. The van der Waals surface area contributed by atoms with Crippen molar-refractivity contribution in [1.82, 2.24) is 10.2 Å². The maximum Gasteiger partial charge on any atom is 0.239 e. The molecule has 4 fully saturated rings. The normalized spacial score (nSPS) is 43.8. The van der Waals surface area contributed by atoms with Crippen molar-refractivity contribution < 1.29 is 14.3 Å². The van der Waals surface area contributed by atoms with Crippen molar-refractivity contribution in [2.24, 2.45) is 35.3 Å². The minimum atomic E-state index is -0.0859. The summed E-state index contributed by atoms with van der Waals surface area (Å²) in [6, 6.07) is 0.0500. The van der Waals surface area contributed by atoms with E-state index in [4.69, 9.17) is 10.5 Å². The summed E-state index contributed by atoms with van der Waals surface area (Å²) >= 11 is 0. The number of likely N-dealkylation sites (tertiary alicyclic amines) is 1. The standard InChI is InChI=1S/C20H29N3O3/c21-8-15(13-3-1-2-11-4-5-12(11)13)22-18(24)10-23-9-14-16-6-7-17(26-16)19(14)20(23)25/h6-7,11-17,19H,1-5,8-10,21H2,(H,22,24). The Bertz CT molecular complexity index is 636. The summed E-state index contributed by atoms with van der Waals surface area (Å²) in [4.78, 5) is 27.1. The molecule has 26 heavy (non-hydrogen) atoms. The van der Waals surface area contributed by atoms with Crippen LogP contribution in [0.15, 0.2) is 12.2 Å². The Balaban J connectivity index is 1.19. The van der Waals surface area contributed by atoms with Gasteiger partial charge in [0.05, 0.1) is 24.7 Å². The van der Waals surface area contributed by atoms with E-state index in [1.54, 1.807) is 4.90 Å². The third kappa shape index (κ3) is 2.53. The summed E-state index contributed by atoms with van der Waals surface area (Å²) in [7, 11) is 0. The van der Waals surface area contributed by atoms with Crippen molar-refractivity contribution in [3.05, 3.63) is 12.2 Å². The van der Waals surface area contributed by atoms with Gasteiger partial charge < -0.3 is 20.7 Å². The van der Waals surface area contributed by atoms with Gasteiger partial charge in [0.25, 0.3) is 0 Å². The molecule has 8 atom stereocenters. The van der Waals surface area contributed by atoms with Crippen LogP contribution in [0.2, 0.25) is 0 Å². The van der Waals surface area contributed by atoms with Crippen LogP contribution in [0.25, 0.3) is 0 Å². The van der Waals surface area contributed by atoms with Gasteiger partial charge in [0.2, 0.25) is 11.8 Å². The number of carbonyl (C=O) groups excluding carboxylic acids is 2. The Labute approximate surface area is 154 Å². The van der Waals surface area contributed by atoms with E-state index in [-0.39, 0.29) is 48.4 Å². The van der Waals surface area contributed by atoms with Crippen LogP contribution in [0.1, 0.15) is 32.1 Å². The fourth-order valence-electron chi connectivity index (χ4n) is 6.24. The molecule has 3 N–H and O–H groups in total. The number of nitrogens with two attached hydrogens (primary N) is 1. The lowest BCUT2D eigenvalue weighted by atomic mass is 9.59. The van der Waals surface area contributed by atoms with Gasteiger partial charge in [0.15, 0.2) is 0 Å². The lowest BCUT2D eigenvalue weighted by Crippen LogP contribution is -2.53. The SMILES string of the molecule is NCC(NC(=O)CN1CC2C3C=CC(O3)C2C1=O)C1CCCC2CCC21. The second-order valence-corrected chi connectivity index (χ2v) is 8.86. The van der Waals surface area contributed by atoms with Crippen molar-refractivity contribution in [3.63, 3.8) is 0 Å². The van der Waals surface area contributed by atoms with E-state index in [1.807, 2.05) is 6.08 Å². The zero-order valence-electron chi connectivity index (χ0n) is 15.2. The molecule has 8 unspecified atom stereocenters. The maximum absolute atomic E-state index is 12.7. The highest BCUT2D eigenvalue weighted by atomic mass is 16.5. The smallest absolute Gasteiger partial charge is 0.239 e. The predicted octanol–water partition coefficient (Wildman–Crippen LogP) is 0.668. The average molecular weight is 359 g/mol. The van der Waals surface area contributed by atoms with Gasteiger partial charge in [-0.3, -0.25) is 9.59 Å². The molecule has 0 spiro atoms. The molecule has 0 aromatic rings. The summed E-state index contributed by atoms with van der Waals surface area (Å²) in [6.45, 7) is 1.27. The summed E-state index contributed by atoms with van der Waals surface area (Å²) in [6.07, 6.45) is 10.4. The molecular formula is C20H29N3O3. The van der Waals surface area contributed by atoms with Crippen LogP contribution >= 0.6 is 0 Å². The van der Waals surface area contributed by atoms with E-state index in [0.29, 0.717) is 19.0 Å². The minimum Gasteiger partial charge on any atom is -0.366 e. The van der Waals surface area contributed by atoms with Crippen molar-refractivity contribution in [3.8, 4) is 0 Å². The second-order valence-electron chi connectivity index (χ2n) is 8.86. The number of rotatable bonds is 5. The molecule has 0 radical (unpaired) electrons. The largest absolute Gasteiger partial charge is 0.366 e. The molecule has 142 valence electrons. The van der Waals surface area contributed by atoms with Gasteiger partial charge in [0.1, 0.15) is 0 Å². The van der Waals surface area contributed by atoms with Crippen molar-refractivity contribution in [1.29, 1.82) is 0 Å². The molecule has 0 aromatic carbocycles. The Morgan fingerprint density at radius 2 is 2.08 bits per heavy atom. The van der Waals surface area contributed by atoms with Crippen LogP contribution in [-0.4, -0.2) is 54.6 Å². The van der Waals surface area contributed by atoms with Gasteiger partial charge in [0, 0.05) is 25.0 Å². The summed E-state index contributed by atoms with van der Waals surface area (Å²) in [5, 5.41) is 3.17. The van der Waals surface area contributed by atoms with Crippen LogP contribution in [-0.2, 0) is 14.3 Å². The third-order valence-electron chi connectivity index (χ3n) is 7.66. The van der Waals surface area contributed by atoms with Gasteiger partial charge in [-0.15, -0.1) is 0 Å². The van der Waals surface area contributed by atoms with Crippen molar-refractivity contribution in [2.75, 3.05) is 19.6 Å². The molecule has 6 nitrogen and oxygen atoms in total. The first-order valence-electron chi connectivity index (χ1n) is 10.3. The number of fused-ring (bicyclic) bond motifs is 6. The van der Waals surface area contributed by atoms with E-state index < -0.39 is 0 Å². The van der Waals surface area contributed by atoms with E-state index in [0.717, 1.165) is 11.8 Å². The number of nitrogens with zero attached hydrogens (tertiary/aromatic N) is 1. The fraction of sp³-hybridized carbons (Fsp3) is 0.800. The van der Waals surface area contributed by atoms with Gasteiger partial charge in [-0.2, -0.15) is 0 Å². The molecule has 2 saturated heterocycles. The van der Waals surface area contributed by atoms with Gasteiger partial charge in [-0.05, 0) is 37.0 Å². The monoisotopic (exact) mass is 359 g/mol. The van der Waals surface area contributed by atoms with Crippen LogP contribution in [0.3, 0.4) is 0 Å². The first-order valence-corrected chi connectivity index (χ1v) is 10.3. The first-order chi connectivity index (χ1) is 12.7. The Morgan fingerprint density at radius 1 is 1.23 bits per heavy atom. The van der Waals surface area contributed by atoms with E-state index in [9.17, 15) is 9.59 Å². The molecule has 2 aliphatic carbocycles. The quantitative estimate of drug-likeness (QED) is 0.707. The topological polar surface area (TPSA) is 84.7 Å². The Morgan fingerprint density at radius 3 is 2.81 bits per heavy atom. The average Bonchev–Trinajstić information content (AvgIpc) is 3.28. The van der Waals surface area contributed by atoms with E-state index in [1.165, 1.54) is 32.1 Å². The molecule has 2 amide bonds. The van der Waals surface area contributed by atoms with Crippen molar-refractivity contribution in [2.45, 2.75) is 50.4 Å². The predicted molar refractivity (Wildman–Crippen MR) is 95.9 cm³/mol. The molecule has 3 heterocycles. The Kier molecular flexibility index (Phi) is 4.09. The zero-order valence-corrected chi connectivity index (χ0v) is 15.2. The molecule has 2 bridgehead atoms. The van der Waals surface area contributed by atoms with Crippen LogP contribution in [0.5, 0.6) is 0 Å². The lowest BCUT2D eigenvalue weighted by molar-refractivity contribution is -0.137. The highest BCUT2D eigenvalue weighted by molar-refractivity contribution is 5.88. The van der Waals surface area contributed by atoms with Crippen LogP contribution in [0.4, 0.5) is 0 Å². The minimum absolute atomic E-state index is 0.0500. The molecular weight excluding hydrogens is 330 g/mol. The molecule has 0 aromatic heterocycles. The van der Waals surface area contributed by atoms with Crippen LogP contribution in [0, 0.1) is 29.6 Å². The Hall–Kier alpha value is -1.40. The molecule has 5 rings (SSSR count). The van der Waals surface area contributed by atoms with E-state index in [2.05, 4.69) is 11.4 Å². The summed E-state index contributed by atoms with van der Waals surface area (Å²) < 4.78 is 5.78. The third-order valence-corrected chi connectivity index (χ3v) is 7.66. The van der Waals surface area contributed by atoms with Gasteiger partial charge in [-0.25, -0.2) is 0 Å². The highest BCUT2D eigenvalue weighted by Gasteiger charge is 2.55. The molecule has 2 saturated carbocycles. The zero-order chi connectivity index (χ0) is 17.8. The number of amides is 2. The molecule has 5 aliphatic rings. The van der Waals surface area contributed by atoms with Gasteiger partial charge >= 0.3 is 0 Å². The number of ether oxygens (including phenoxy) is 1. The summed E-state index contributed by atoms with van der Waals surface area (Å²) in [5.41, 5.74) is 6.02. The molecule has 3 aliphatic heterocycles.